The number of nitrogens with one attached hydrogen (secondary N) is 1. The Bertz CT molecular complexity index is 30.0. The normalized spacial score (nSPS) is 8.50. The highest BCUT2D eigenvalue weighted by Gasteiger charge is 1.95. The largest absolute Gasteiger partial charge is 0.349 e. The van der Waals surface area contributed by atoms with Gasteiger partial charge in [0.2, 0.25) is 0 Å². The van der Waals surface area contributed by atoms with E-state index >= 15 is 0 Å². The van der Waals surface area contributed by atoms with Crippen LogP contribution in [0.5, 0.6) is 0 Å². The molecular weight excluding hydrogens is 92.9 g/mol. The van der Waals surface area contributed by atoms with Gasteiger partial charge in [-0.25, -0.2) is 0 Å². The van der Waals surface area contributed by atoms with Crippen LogP contribution in [0.4, 0.5) is 0 Å². The molecule has 0 unspecified atom stereocenters. The van der Waals surface area contributed by atoms with Gasteiger partial charge in [-0.15, -0.1) is 0 Å². The fourth-order valence-electron chi connectivity index (χ4n) is 0.118. The Morgan fingerprint density at radius 1 is 1.67 bits per heavy atom. The third-order valence-corrected chi connectivity index (χ3v) is 1.70. The van der Waals surface area contributed by atoms with Crippen LogP contribution < -0.4 is 5.23 Å². The van der Waals surface area contributed by atoms with Crippen molar-refractivity contribution >= 4 is 17.7 Å². The van der Waals surface area contributed by atoms with Gasteiger partial charge in [0.25, 0.3) is 6.13 Å². The molecule has 0 atom stereocenters. The van der Waals surface area contributed by atoms with Gasteiger partial charge in [0, 0.05) is 0 Å². The molecule has 1 nitrogen and oxygen atoms in total. The third kappa shape index (κ3) is 2.60. The minimum Gasteiger partial charge on any atom is -0.349 e. The zero-order valence-corrected chi connectivity index (χ0v) is 5.30. The van der Waals surface area contributed by atoms with E-state index in [4.69, 9.17) is 0 Å². The zero-order valence-electron chi connectivity index (χ0n) is 4.49. The first-order valence-electron chi connectivity index (χ1n) is 2.01. The van der Waals surface area contributed by atoms with E-state index in [0.717, 1.165) is 0 Å². The van der Waals surface area contributed by atoms with Crippen LogP contribution in [0.2, 0.25) is 6.82 Å². The monoisotopic (exact) mass is 103 g/mol. The summed E-state index contributed by atoms with van der Waals surface area (Å²) in [7, 11) is 1.96. The lowest BCUT2D eigenvalue weighted by Crippen LogP contribution is -2.21. The molecule has 0 heterocycles. The van der Waals surface area contributed by atoms with Crippen LogP contribution in [0, 0.1) is 0 Å². The minimum atomic E-state index is 0.602. The Morgan fingerprint density at radius 2 is 2.17 bits per heavy atom. The Morgan fingerprint density at radius 3 is 2.17 bits per heavy atom. The molecule has 0 spiro atoms. The minimum absolute atomic E-state index is 0.602. The molecule has 6 heavy (non-hydrogen) atoms. The fraction of sp³-hybridized carbons (Fsp3) is 1.00. The van der Waals surface area contributed by atoms with Gasteiger partial charge >= 0.3 is 0 Å². The third-order valence-electron chi connectivity index (χ3n) is 0.760. The summed E-state index contributed by atoms with van der Waals surface area (Å²) in [5.74, 6) is 0. The molecule has 0 fully saturated rings. The lowest BCUT2D eigenvalue weighted by Gasteiger charge is -1.96. The summed E-state index contributed by atoms with van der Waals surface area (Å²) in [4.78, 5) is 0. The molecule has 0 radical (unpaired) electrons. The molecule has 0 aliphatic carbocycles. The quantitative estimate of drug-likeness (QED) is 0.516. The number of hydrogen-bond donors (Lipinski definition) is 1. The van der Waals surface area contributed by atoms with Crippen molar-refractivity contribution in [3.05, 3.63) is 0 Å². The van der Waals surface area contributed by atoms with Gasteiger partial charge in [0.05, 0.1) is 0 Å². The smallest absolute Gasteiger partial charge is 0.285 e. The molecule has 1 N–H and O–H groups in total. The maximum Gasteiger partial charge on any atom is 0.285 e. The molecule has 0 aromatic heterocycles. The molecule has 0 aromatic carbocycles. The first-order chi connectivity index (χ1) is 2.81. The second kappa shape index (κ2) is 3.56. The van der Waals surface area contributed by atoms with Crippen LogP contribution in [-0.2, 0) is 0 Å². The molecule has 36 valence electrons. The lowest BCUT2D eigenvalue weighted by molar-refractivity contribution is 1.24. The summed E-state index contributed by atoms with van der Waals surface area (Å²) in [5.41, 5.74) is 0. The molecular formula is C3H10BNS. The summed E-state index contributed by atoms with van der Waals surface area (Å²) in [5, 5.41) is 3.08. The highest BCUT2D eigenvalue weighted by molar-refractivity contribution is 8.24. The highest BCUT2D eigenvalue weighted by Crippen LogP contribution is 1.92. The molecule has 0 aromatic rings. The summed E-state index contributed by atoms with van der Waals surface area (Å²) < 4.78 is 0. The molecule has 0 bridgehead atoms. The van der Waals surface area contributed by atoms with Crippen LogP contribution in [0.3, 0.4) is 0 Å². The molecule has 0 saturated carbocycles. The van der Waals surface area contributed by atoms with E-state index in [1.165, 1.54) is 0 Å². The van der Waals surface area contributed by atoms with Gasteiger partial charge in [0.15, 0.2) is 0 Å². The van der Waals surface area contributed by atoms with E-state index in [9.17, 15) is 0 Å². The van der Waals surface area contributed by atoms with Gasteiger partial charge in [-0.05, 0) is 13.3 Å². The lowest BCUT2D eigenvalue weighted by atomic mass is 9.99. The second-order valence-corrected chi connectivity index (χ2v) is 2.35. The first-order valence-corrected chi connectivity index (χ1v) is 3.30. The van der Waals surface area contributed by atoms with Gasteiger partial charge in [-0.1, -0.05) is 6.82 Å². The predicted molar refractivity (Wildman–Crippen MR) is 34.2 cm³/mol. The summed E-state index contributed by atoms with van der Waals surface area (Å²) in [6.07, 6.45) is 2.69. The molecule has 0 aliphatic heterocycles. The topological polar surface area (TPSA) is 12.0 Å². The van der Waals surface area contributed by atoms with Gasteiger partial charge in [-0.3, -0.25) is 0 Å². The average molecular weight is 103 g/mol. The maximum absolute atomic E-state index is 3.08. The van der Waals surface area contributed by atoms with Crippen LogP contribution in [-0.4, -0.2) is 19.4 Å². The van der Waals surface area contributed by atoms with Crippen molar-refractivity contribution in [1.82, 2.24) is 5.23 Å². The van der Waals surface area contributed by atoms with E-state index in [0.29, 0.717) is 6.13 Å². The van der Waals surface area contributed by atoms with Crippen molar-refractivity contribution in [1.29, 1.82) is 0 Å². The number of rotatable bonds is 2. The van der Waals surface area contributed by atoms with Crippen molar-refractivity contribution in [2.24, 2.45) is 0 Å². The fourth-order valence-corrected chi connectivity index (χ4v) is 0.354. The molecule has 0 rings (SSSR count). The van der Waals surface area contributed by atoms with E-state index in [-0.39, 0.29) is 0 Å². The molecule has 0 amide bonds. The molecule has 0 aliphatic rings. The Hall–Kier alpha value is 0.375. The summed E-state index contributed by atoms with van der Waals surface area (Å²) >= 11 is 1.81. The summed E-state index contributed by atoms with van der Waals surface area (Å²) in [6.45, 7) is 2.13. The van der Waals surface area contributed by atoms with Crippen molar-refractivity contribution < 1.29 is 0 Å². The zero-order chi connectivity index (χ0) is 4.99. The van der Waals surface area contributed by atoms with Gasteiger partial charge < -0.3 is 5.23 Å². The Kier molecular flexibility index (Phi) is 3.78. The van der Waals surface area contributed by atoms with Crippen molar-refractivity contribution in [3.8, 4) is 0 Å². The van der Waals surface area contributed by atoms with E-state index in [2.05, 4.69) is 18.3 Å². The average Bonchev–Trinajstić information content (AvgIpc) is 1.65. The second-order valence-electron chi connectivity index (χ2n) is 1.17. The summed E-state index contributed by atoms with van der Waals surface area (Å²) in [6, 6.07) is 0. The highest BCUT2D eigenvalue weighted by atomic mass is 32.2. The van der Waals surface area contributed by atoms with Crippen LogP contribution in [0.15, 0.2) is 0 Å². The predicted octanol–water partition coefficient (Wildman–Crippen LogP) is 0.687. The van der Waals surface area contributed by atoms with Crippen molar-refractivity contribution in [2.75, 3.05) is 13.3 Å². The number of hydrogen-bond acceptors (Lipinski definition) is 2. The van der Waals surface area contributed by atoms with E-state index in [1.54, 1.807) is 0 Å². The van der Waals surface area contributed by atoms with Crippen molar-refractivity contribution in [2.45, 2.75) is 6.82 Å². The first kappa shape index (κ1) is 6.37. The Labute approximate surface area is 43.9 Å². The van der Waals surface area contributed by atoms with Gasteiger partial charge in [0.1, 0.15) is 0 Å². The van der Waals surface area contributed by atoms with Crippen LogP contribution in [0.1, 0.15) is 0 Å². The molecule has 0 saturated heterocycles. The molecule has 3 heteroatoms. The SMILES string of the molecule is CNB(C)SC. The standard InChI is InChI=1S/C3H10BNS/c1-4(5-2)6-3/h5H,1-3H3. The Balaban J connectivity index is 2.75. The maximum atomic E-state index is 3.08. The van der Waals surface area contributed by atoms with Crippen LogP contribution >= 0.6 is 11.6 Å². The van der Waals surface area contributed by atoms with Gasteiger partial charge in [-0.2, -0.15) is 11.6 Å². The van der Waals surface area contributed by atoms with Crippen molar-refractivity contribution in [3.63, 3.8) is 0 Å². The van der Waals surface area contributed by atoms with E-state index < -0.39 is 0 Å². The van der Waals surface area contributed by atoms with Crippen LogP contribution in [0.25, 0.3) is 0 Å². The van der Waals surface area contributed by atoms with E-state index in [1.807, 2.05) is 18.7 Å².